The van der Waals surface area contributed by atoms with Gasteiger partial charge in [0.2, 0.25) is 0 Å². The molecule has 0 aliphatic heterocycles. The first-order valence-corrected chi connectivity index (χ1v) is 8.13. The summed E-state index contributed by atoms with van der Waals surface area (Å²) in [5.74, 6) is -1.99. The normalized spacial score (nSPS) is 11.8. The minimum Gasteiger partial charge on any atom is -0.406 e. The van der Waals surface area contributed by atoms with Crippen LogP contribution in [0.5, 0.6) is 5.75 Å². The monoisotopic (exact) mass is 454 g/mol. The Bertz CT molecular complexity index is 809. The number of anilines is 1. The Morgan fingerprint density at radius 2 is 1.89 bits per heavy atom. The van der Waals surface area contributed by atoms with Gasteiger partial charge in [-0.25, -0.2) is 4.98 Å². The number of aryl methyl sites for hydroxylation is 1. The van der Waals surface area contributed by atoms with E-state index in [-0.39, 0.29) is 11.6 Å². The van der Waals surface area contributed by atoms with Crippen molar-refractivity contribution < 1.29 is 31.5 Å². The number of hydrogen-bond donors (Lipinski definition) is 2. The lowest BCUT2D eigenvalue weighted by Gasteiger charge is -2.13. The maximum Gasteiger partial charge on any atom is 0.573 e. The molecule has 6 nitrogen and oxygen atoms in total. The number of hydrogen-bond acceptors (Lipinski definition) is 5. The largest absolute Gasteiger partial charge is 0.573 e. The van der Waals surface area contributed by atoms with Gasteiger partial charge >= 0.3 is 17.1 Å². The van der Waals surface area contributed by atoms with E-state index in [1.807, 2.05) is 15.9 Å². The molecular weight excluding hydrogens is 443 g/mol. The van der Waals surface area contributed by atoms with E-state index in [2.05, 4.69) is 20.1 Å². The van der Waals surface area contributed by atoms with Crippen molar-refractivity contribution in [1.29, 1.82) is 0 Å². The Hall–Kier alpha value is -2.50. The first-order valence-electron chi connectivity index (χ1n) is 7.34. The summed E-state index contributed by atoms with van der Waals surface area (Å²) in [5, 5.41) is 0. The van der Waals surface area contributed by atoms with Crippen LogP contribution in [-0.2, 0) is 11.2 Å². The fraction of sp³-hybridized carbons (Fsp3) is 0.267. The number of nitrogens with zero attached hydrogens (tertiary/aromatic N) is 2. The highest BCUT2D eigenvalue weighted by molar-refractivity contribution is 9.10. The first-order chi connectivity index (χ1) is 12.5. The number of nitrogens with one attached hydrogen (secondary N) is 2. The predicted octanol–water partition coefficient (Wildman–Crippen LogP) is 4.04. The van der Waals surface area contributed by atoms with Crippen LogP contribution in [0.2, 0.25) is 0 Å². The topological polar surface area (TPSA) is 76.1 Å². The third kappa shape index (κ3) is 6.01. The maximum atomic E-state index is 12.7. The molecule has 1 aromatic heterocycles. The average molecular weight is 455 g/mol. The number of benzene rings is 1. The SMILES string of the molecule is CCc1cc(OC(F)(F)F)ccc1-c1cnc(NNC(=O)C(F)(F)Br)cn1. The van der Waals surface area contributed by atoms with E-state index in [4.69, 9.17) is 0 Å². The smallest absolute Gasteiger partial charge is 0.406 e. The van der Waals surface area contributed by atoms with Crippen LogP contribution in [0.25, 0.3) is 11.3 Å². The minimum absolute atomic E-state index is 0.0149. The number of rotatable bonds is 6. The summed E-state index contributed by atoms with van der Waals surface area (Å²) in [4.78, 5) is 15.3. The van der Waals surface area contributed by atoms with Gasteiger partial charge in [-0.3, -0.25) is 20.6 Å². The molecule has 0 saturated heterocycles. The highest BCUT2D eigenvalue weighted by Gasteiger charge is 2.35. The molecule has 0 atom stereocenters. The van der Waals surface area contributed by atoms with Crippen LogP contribution in [0.3, 0.4) is 0 Å². The third-order valence-corrected chi connectivity index (χ3v) is 3.54. The van der Waals surface area contributed by atoms with Crippen LogP contribution >= 0.6 is 15.9 Å². The van der Waals surface area contributed by atoms with E-state index in [1.54, 1.807) is 12.3 Å². The predicted molar refractivity (Wildman–Crippen MR) is 89.2 cm³/mol. The van der Waals surface area contributed by atoms with Gasteiger partial charge in [0.05, 0.1) is 18.1 Å². The Morgan fingerprint density at radius 3 is 2.41 bits per heavy atom. The van der Waals surface area contributed by atoms with Gasteiger partial charge in [0, 0.05) is 21.5 Å². The summed E-state index contributed by atoms with van der Waals surface area (Å²) in [6, 6.07) is 3.80. The van der Waals surface area contributed by atoms with Crippen molar-refractivity contribution in [2.75, 3.05) is 5.43 Å². The van der Waals surface area contributed by atoms with Crippen molar-refractivity contribution >= 4 is 27.7 Å². The van der Waals surface area contributed by atoms with Crippen LogP contribution in [0.1, 0.15) is 12.5 Å². The summed E-state index contributed by atoms with van der Waals surface area (Å²) in [7, 11) is 0. The summed E-state index contributed by atoms with van der Waals surface area (Å²) in [6.45, 7) is 1.75. The first kappa shape index (κ1) is 20.8. The van der Waals surface area contributed by atoms with Gasteiger partial charge in [0.1, 0.15) is 5.75 Å². The second kappa shape index (κ2) is 8.03. The Morgan fingerprint density at radius 1 is 1.19 bits per heavy atom. The average Bonchev–Trinajstić information content (AvgIpc) is 2.57. The molecule has 1 amide bonds. The van der Waals surface area contributed by atoms with Crippen molar-refractivity contribution in [2.45, 2.75) is 24.5 Å². The second-order valence-electron chi connectivity index (χ2n) is 5.08. The summed E-state index contributed by atoms with van der Waals surface area (Å²) in [6.07, 6.45) is -1.94. The number of hydrazine groups is 1. The number of ether oxygens (including phenoxy) is 1. The van der Waals surface area contributed by atoms with Gasteiger partial charge in [0.25, 0.3) is 0 Å². The lowest BCUT2D eigenvalue weighted by Crippen LogP contribution is -2.39. The fourth-order valence-corrected chi connectivity index (χ4v) is 2.13. The molecule has 2 N–H and O–H groups in total. The number of carbonyl (C=O) groups is 1. The van der Waals surface area contributed by atoms with Gasteiger partial charge in [-0.05, 0) is 30.2 Å². The van der Waals surface area contributed by atoms with Crippen molar-refractivity contribution in [2.24, 2.45) is 0 Å². The lowest BCUT2D eigenvalue weighted by atomic mass is 10.0. The molecule has 0 radical (unpaired) electrons. The summed E-state index contributed by atoms with van der Waals surface area (Å²) >= 11 is 1.90. The fourth-order valence-electron chi connectivity index (χ4n) is 2.03. The number of alkyl halides is 6. The van der Waals surface area contributed by atoms with Crippen molar-refractivity contribution in [3.63, 3.8) is 0 Å². The number of aromatic nitrogens is 2. The van der Waals surface area contributed by atoms with Crippen molar-refractivity contribution in [3.05, 3.63) is 36.2 Å². The van der Waals surface area contributed by atoms with Crippen LogP contribution < -0.4 is 15.6 Å². The molecule has 1 aromatic carbocycles. The van der Waals surface area contributed by atoms with Crippen LogP contribution in [0.15, 0.2) is 30.6 Å². The van der Waals surface area contributed by atoms with Crippen LogP contribution in [0.4, 0.5) is 27.8 Å². The number of halogens is 6. The third-order valence-electron chi connectivity index (χ3n) is 3.18. The van der Waals surface area contributed by atoms with E-state index in [1.165, 1.54) is 24.5 Å². The second-order valence-corrected chi connectivity index (χ2v) is 6.08. The Labute approximate surface area is 158 Å². The molecule has 1 heterocycles. The molecule has 0 spiro atoms. The van der Waals surface area contributed by atoms with Crippen molar-refractivity contribution in [1.82, 2.24) is 15.4 Å². The molecule has 12 heteroatoms. The molecule has 27 heavy (non-hydrogen) atoms. The van der Waals surface area contributed by atoms with Crippen LogP contribution in [-0.4, -0.2) is 27.1 Å². The molecule has 0 aliphatic rings. The molecule has 2 rings (SSSR count). The van der Waals surface area contributed by atoms with Gasteiger partial charge < -0.3 is 4.74 Å². The standard InChI is InChI=1S/C15H12BrF5N4O2/c1-2-8-5-9(27-15(19,20)21)3-4-10(8)11-6-23-12(7-22-11)24-25-13(26)14(16,17)18/h3-7H,2H2,1H3,(H,23,24)(H,25,26). The van der Waals surface area contributed by atoms with E-state index in [9.17, 15) is 26.7 Å². The molecule has 2 aromatic rings. The Balaban J connectivity index is 2.15. The molecule has 0 aliphatic carbocycles. The lowest BCUT2D eigenvalue weighted by molar-refractivity contribution is -0.274. The zero-order chi connectivity index (χ0) is 20.2. The zero-order valence-corrected chi connectivity index (χ0v) is 15.2. The summed E-state index contributed by atoms with van der Waals surface area (Å²) in [5.41, 5.74) is 5.31. The highest BCUT2D eigenvalue weighted by Crippen LogP contribution is 2.29. The molecule has 0 fully saturated rings. The minimum atomic E-state index is -4.80. The quantitative estimate of drug-likeness (QED) is 0.391. The number of amides is 1. The zero-order valence-electron chi connectivity index (χ0n) is 13.6. The van der Waals surface area contributed by atoms with Gasteiger partial charge in [0.15, 0.2) is 5.82 Å². The molecule has 0 saturated carbocycles. The van der Waals surface area contributed by atoms with E-state index in [0.29, 0.717) is 23.2 Å². The van der Waals surface area contributed by atoms with Gasteiger partial charge in [-0.2, -0.15) is 8.78 Å². The molecule has 0 unspecified atom stereocenters. The number of carbonyl (C=O) groups excluding carboxylic acids is 1. The van der Waals surface area contributed by atoms with Crippen molar-refractivity contribution in [3.8, 4) is 17.0 Å². The Kier molecular flexibility index (Phi) is 6.19. The maximum absolute atomic E-state index is 12.7. The van der Waals surface area contributed by atoms with E-state index < -0.39 is 17.1 Å². The molecular formula is C15H12BrF5N4O2. The summed E-state index contributed by atoms with van der Waals surface area (Å²) < 4.78 is 66.2. The highest BCUT2D eigenvalue weighted by atomic mass is 79.9. The van der Waals surface area contributed by atoms with Crippen LogP contribution in [0, 0.1) is 0 Å². The van der Waals surface area contributed by atoms with Gasteiger partial charge in [-0.1, -0.05) is 6.92 Å². The van der Waals surface area contributed by atoms with E-state index in [0.717, 1.165) is 6.07 Å². The molecule has 146 valence electrons. The molecule has 0 bridgehead atoms. The van der Waals surface area contributed by atoms with E-state index >= 15 is 0 Å². The van der Waals surface area contributed by atoms with Gasteiger partial charge in [-0.15, -0.1) is 13.2 Å².